The van der Waals surface area contributed by atoms with Gasteiger partial charge in [0.1, 0.15) is 5.75 Å². The van der Waals surface area contributed by atoms with E-state index in [1.807, 2.05) is 19.1 Å². The van der Waals surface area contributed by atoms with Gasteiger partial charge in [0.15, 0.2) is 0 Å². The maximum absolute atomic E-state index is 5.49. The number of hydrogen-bond acceptors (Lipinski definition) is 2. The monoisotopic (exact) mass is 196 g/mol. The number of thiol groups is 1. The largest absolute Gasteiger partial charge is 0.492 e. The highest BCUT2D eigenvalue weighted by Gasteiger charge is 1.96. The predicted octanol–water partition coefficient (Wildman–Crippen LogP) is 2.95. The summed E-state index contributed by atoms with van der Waals surface area (Å²) in [5, 5.41) is 0.283. The van der Waals surface area contributed by atoms with Gasteiger partial charge in [0.2, 0.25) is 0 Å². The molecule has 72 valence electrons. The van der Waals surface area contributed by atoms with Gasteiger partial charge in [0.05, 0.1) is 6.61 Å². The van der Waals surface area contributed by atoms with Crippen LogP contribution in [0.1, 0.15) is 19.4 Å². The van der Waals surface area contributed by atoms with Gasteiger partial charge in [-0.3, -0.25) is 0 Å². The maximum atomic E-state index is 5.49. The summed E-state index contributed by atoms with van der Waals surface area (Å²) < 4.78 is 5.49. The standard InChI is InChI=1S/C11H16OS/c1-3-10-4-6-11(7-5-10)12-8-9(2)13/h4-7,9,13H,3,8H2,1-2H3. The summed E-state index contributed by atoms with van der Waals surface area (Å²) in [4.78, 5) is 0. The number of aryl methyl sites for hydroxylation is 1. The van der Waals surface area contributed by atoms with Crippen LogP contribution >= 0.6 is 12.6 Å². The van der Waals surface area contributed by atoms with E-state index in [1.54, 1.807) is 0 Å². The minimum Gasteiger partial charge on any atom is -0.492 e. The molecule has 0 heterocycles. The van der Waals surface area contributed by atoms with Crippen LogP contribution in [0.5, 0.6) is 5.75 Å². The van der Waals surface area contributed by atoms with Crippen molar-refractivity contribution in [2.75, 3.05) is 6.61 Å². The second-order valence-corrected chi connectivity index (χ2v) is 4.04. The molecule has 1 aromatic rings. The van der Waals surface area contributed by atoms with E-state index in [0.29, 0.717) is 6.61 Å². The van der Waals surface area contributed by atoms with Gasteiger partial charge in [-0.25, -0.2) is 0 Å². The lowest BCUT2D eigenvalue weighted by Gasteiger charge is -2.08. The molecule has 1 unspecified atom stereocenters. The lowest BCUT2D eigenvalue weighted by Crippen LogP contribution is -2.07. The van der Waals surface area contributed by atoms with Gasteiger partial charge in [0, 0.05) is 5.25 Å². The van der Waals surface area contributed by atoms with Crippen LogP contribution in [0.3, 0.4) is 0 Å². The average Bonchev–Trinajstić information content (AvgIpc) is 2.15. The molecule has 1 aromatic carbocycles. The molecule has 1 atom stereocenters. The molecule has 0 aromatic heterocycles. The Labute approximate surface area is 85.5 Å². The van der Waals surface area contributed by atoms with Gasteiger partial charge in [-0.2, -0.15) is 12.6 Å². The number of hydrogen-bond donors (Lipinski definition) is 1. The molecule has 0 N–H and O–H groups in total. The molecule has 13 heavy (non-hydrogen) atoms. The third-order valence-electron chi connectivity index (χ3n) is 1.82. The maximum Gasteiger partial charge on any atom is 0.119 e. The Kier molecular flexibility index (Phi) is 4.16. The van der Waals surface area contributed by atoms with E-state index in [2.05, 4.69) is 31.7 Å². The van der Waals surface area contributed by atoms with E-state index in [9.17, 15) is 0 Å². The molecular formula is C11H16OS. The van der Waals surface area contributed by atoms with Crippen LogP contribution in [0.25, 0.3) is 0 Å². The number of ether oxygens (including phenoxy) is 1. The zero-order chi connectivity index (χ0) is 9.68. The normalized spacial score (nSPS) is 12.5. The molecule has 0 bridgehead atoms. The minimum atomic E-state index is 0.283. The first-order valence-electron chi connectivity index (χ1n) is 4.62. The highest BCUT2D eigenvalue weighted by molar-refractivity contribution is 7.80. The van der Waals surface area contributed by atoms with Crippen molar-refractivity contribution in [2.45, 2.75) is 25.5 Å². The predicted molar refractivity (Wildman–Crippen MR) is 59.8 cm³/mol. The van der Waals surface area contributed by atoms with Gasteiger partial charge in [-0.05, 0) is 24.1 Å². The van der Waals surface area contributed by atoms with Gasteiger partial charge in [-0.1, -0.05) is 26.0 Å². The zero-order valence-electron chi connectivity index (χ0n) is 8.16. The Bertz CT molecular complexity index is 241. The van der Waals surface area contributed by atoms with Crippen molar-refractivity contribution in [1.82, 2.24) is 0 Å². The van der Waals surface area contributed by atoms with Crippen molar-refractivity contribution >= 4 is 12.6 Å². The number of benzene rings is 1. The van der Waals surface area contributed by atoms with Crippen LogP contribution in [-0.2, 0) is 6.42 Å². The van der Waals surface area contributed by atoms with Crippen LogP contribution in [0.15, 0.2) is 24.3 Å². The van der Waals surface area contributed by atoms with Crippen LogP contribution < -0.4 is 4.74 Å². The van der Waals surface area contributed by atoms with Crippen LogP contribution in [0.2, 0.25) is 0 Å². The van der Waals surface area contributed by atoms with E-state index >= 15 is 0 Å². The van der Waals surface area contributed by atoms with Crippen molar-refractivity contribution in [2.24, 2.45) is 0 Å². The third-order valence-corrected chi connectivity index (χ3v) is 1.97. The Hall–Kier alpha value is -0.630. The molecule has 1 nitrogen and oxygen atoms in total. The van der Waals surface area contributed by atoms with Crippen molar-refractivity contribution in [3.63, 3.8) is 0 Å². The average molecular weight is 196 g/mol. The van der Waals surface area contributed by atoms with Gasteiger partial charge >= 0.3 is 0 Å². The zero-order valence-corrected chi connectivity index (χ0v) is 9.05. The first kappa shape index (κ1) is 10.5. The first-order chi connectivity index (χ1) is 6.22. The smallest absolute Gasteiger partial charge is 0.119 e. The van der Waals surface area contributed by atoms with E-state index in [1.165, 1.54) is 5.56 Å². The summed E-state index contributed by atoms with van der Waals surface area (Å²) in [7, 11) is 0. The SMILES string of the molecule is CCc1ccc(OCC(C)S)cc1. The number of rotatable bonds is 4. The summed E-state index contributed by atoms with van der Waals surface area (Å²) in [6.45, 7) is 4.82. The molecule has 0 saturated carbocycles. The molecule has 0 radical (unpaired) electrons. The fourth-order valence-corrected chi connectivity index (χ4v) is 1.11. The van der Waals surface area contributed by atoms with Crippen molar-refractivity contribution in [3.8, 4) is 5.75 Å². The lowest BCUT2D eigenvalue weighted by molar-refractivity contribution is 0.323. The second-order valence-electron chi connectivity index (χ2n) is 3.16. The van der Waals surface area contributed by atoms with E-state index < -0.39 is 0 Å². The van der Waals surface area contributed by atoms with Crippen LogP contribution in [0.4, 0.5) is 0 Å². The van der Waals surface area contributed by atoms with E-state index in [-0.39, 0.29) is 5.25 Å². The van der Waals surface area contributed by atoms with Crippen LogP contribution in [0, 0.1) is 0 Å². The molecule has 0 saturated heterocycles. The van der Waals surface area contributed by atoms with E-state index in [4.69, 9.17) is 4.74 Å². The van der Waals surface area contributed by atoms with Crippen molar-refractivity contribution < 1.29 is 4.74 Å². The molecule has 0 spiro atoms. The van der Waals surface area contributed by atoms with Gasteiger partial charge in [-0.15, -0.1) is 0 Å². The quantitative estimate of drug-likeness (QED) is 0.728. The lowest BCUT2D eigenvalue weighted by atomic mass is 10.2. The molecule has 0 aliphatic carbocycles. The summed E-state index contributed by atoms with van der Waals surface area (Å²) >= 11 is 4.24. The first-order valence-corrected chi connectivity index (χ1v) is 5.14. The third kappa shape index (κ3) is 3.73. The molecule has 0 fully saturated rings. The fraction of sp³-hybridized carbons (Fsp3) is 0.455. The molecule has 0 aliphatic heterocycles. The molecule has 0 amide bonds. The minimum absolute atomic E-state index is 0.283. The summed E-state index contributed by atoms with van der Waals surface area (Å²) in [5.74, 6) is 0.929. The summed E-state index contributed by atoms with van der Waals surface area (Å²) in [5.41, 5.74) is 1.34. The fourth-order valence-electron chi connectivity index (χ4n) is 1.04. The van der Waals surface area contributed by atoms with Gasteiger partial charge < -0.3 is 4.74 Å². The Morgan fingerprint density at radius 1 is 1.31 bits per heavy atom. The topological polar surface area (TPSA) is 9.23 Å². The van der Waals surface area contributed by atoms with Gasteiger partial charge in [0.25, 0.3) is 0 Å². The molecule has 1 rings (SSSR count). The second kappa shape index (κ2) is 5.18. The Morgan fingerprint density at radius 2 is 1.92 bits per heavy atom. The Balaban J connectivity index is 2.49. The molecule has 2 heteroatoms. The summed E-state index contributed by atoms with van der Waals surface area (Å²) in [6.07, 6.45) is 1.07. The summed E-state index contributed by atoms with van der Waals surface area (Å²) in [6, 6.07) is 8.21. The molecular weight excluding hydrogens is 180 g/mol. The molecule has 0 aliphatic rings. The van der Waals surface area contributed by atoms with Crippen molar-refractivity contribution in [1.29, 1.82) is 0 Å². The highest BCUT2D eigenvalue weighted by Crippen LogP contribution is 2.13. The van der Waals surface area contributed by atoms with E-state index in [0.717, 1.165) is 12.2 Å². The van der Waals surface area contributed by atoms with Crippen molar-refractivity contribution in [3.05, 3.63) is 29.8 Å². The van der Waals surface area contributed by atoms with Crippen LogP contribution in [-0.4, -0.2) is 11.9 Å². The Morgan fingerprint density at radius 3 is 2.38 bits per heavy atom. The highest BCUT2D eigenvalue weighted by atomic mass is 32.1.